The zero-order valence-corrected chi connectivity index (χ0v) is 16.0. The number of nitrogens with zero attached hydrogens (tertiary/aromatic N) is 1. The zero-order valence-electron chi connectivity index (χ0n) is 15.2. The molecule has 1 aromatic heterocycles. The summed E-state index contributed by atoms with van der Waals surface area (Å²) in [6.07, 6.45) is 5.61. The SMILES string of the molecule is CC(=O)NC12C[C@H]3C[C@@H](C1)CC(C(=O)Nc1nc4ccc(F)cc4s1)(C3)C2. The van der Waals surface area contributed by atoms with Crippen molar-refractivity contribution >= 4 is 38.5 Å². The number of rotatable bonds is 3. The highest BCUT2D eigenvalue weighted by Gasteiger charge is 2.60. The summed E-state index contributed by atoms with van der Waals surface area (Å²) in [6, 6.07) is 4.45. The lowest BCUT2D eigenvalue weighted by molar-refractivity contribution is -0.148. The van der Waals surface area contributed by atoms with Gasteiger partial charge in [-0.2, -0.15) is 0 Å². The second-order valence-electron chi connectivity index (χ2n) is 8.79. The van der Waals surface area contributed by atoms with Gasteiger partial charge in [0.1, 0.15) is 5.82 Å². The van der Waals surface area contributed by atoms with Gasteiger partial charge in [-0.25, -0.2) is 9.37 Å². The minimum Gasteiger partial charge on any atom is -0.351 e. The Morgan fingerprint density at radius 1 is 1.22 bits per heavy atom. The molecule has 4 aliphatic carbocycles. The van der Waals surface area contributed by atoms with Crippen molar-refractivity contribution in [1.82, 2.24) is 10.3 Å². The first-order valence-corrected chi connectivity index (χ1v) is 10.3. The molecule has 2 aromatic rings. The van der Waals surface area contributed by atoms with E-state index in [1.165, 1.54) is 23.5 Å². The van der Waals surface area contributed by atoms with Gasteiger partial charge in [-0.05, 0) is 68.6 Å². The van der Waals surface area contributed by atoms with Crippen molar-refractivity contribution in [3.8, 4) is 0 Å². The molecule has 0 aliphatic heterocycles. The van der Waals surface area contributed by atoms with Gasteiger partial charge in [0.2, 0.25) is 11.8 Å². The third kappa shape index (κ3) is 2.83. The first-order chi connectivity index (χ1) is 12.8. The molecule has 5 nitrogen and oxygen atoms in total. The molecule has 0 spiro atoms. The zero-order chi connectivity index (χ0) is 18.8. The molecule has 4 saturated carbocycles. The number of hydrogen-bond donors (Lipinski definition) is 2. The van der Waals surface area contributed by atoms with Gasteiger partial charge < -0.3 is 10.6 Å². The Labute approximate surface area is 160 Å². The molecule has 0 radical (unpaired) electrons. The molecule has 7 heteroatoms. The number of hydrogen-bond acceptors (Lipinski definition) is 4. The van der Waals surface area contributed by atoms with Crippen molar-refractivity contribution in [2.45, 2.75) is 51.0 Å². The monoisotopic (exact) mass is 387 g/mol. The van der Waals surface area contributed by atoms with E-state index in [1.807, 2.05) is 0 Å². The molecule has 6 rings (SSSR count). The van der Waals surface area contributed by atoms with E-state index < -0.39 is 5.41 Å². The molecule has 2 unspecified atom stereocenters. The van der Waals surface area contributed by atoms with E-state index in [2.05, 4.69) is 15.6 Å². The highest BCUT2D eigenvalue weighted by Crippen LogP contribution is 2.62. The summed E-state index contributed by atoms with van der Waals surface area (Å²) < 4.78 is 14.1. The topological polar surface area (TPSA) is 71.1 Å². The molecule has 2 amide bonds. The number of fused-ring (bicyclic) bond motifs is 1. The van der Waals surface area contributed by atoms with Crippen LogP contribution in [-0.4, -0.2) is 22.3 Å². The molecule has 1 heterocycles. The third-order valence-corrected chi connectivity index (χ3v) is 7.49. The minimum atomic E-state index is -0.435. The maximum atomic E-state index is 13.4. The molecule has 2 N–H and O–H groups in total. The van der Waals surface area contributed by atoms with E-state index in [9.17, 15) is 14.0 Å². The van der Waals surface area contributed by atoms with Crippen LogP contribution in [0.4, 0.5) is 9.52 Å². The number of nitrogens with one attached hydrogen (secondary N) is 2. The Kier molecular flexibility index (Phi) is 3.63. The lowest BCUT2D eigenvalue weighted by atomic mass is 9.46. The quantitative estimate of drug-likeness (QED) is 0.840. The standard InChI is InChI=1S/C20H22FN3O2S/c1-11(25)24-20-8-12-4-13(9-20)7-19(6-12,10-20)17(26)23-18-22-15-3-2-14(21)5-16(15)27-18/h2-3,5,12-13H,4,6-10H2,1H3,(H,24,25)(H,22,23,26)/t12-,13+,19?,20?. The summed E-state index contributed by atoms with van der Waals surface area (Å²) >= 11 is 1.30. The highest BCUT2D eigenvalue weighted by molar-refractivity contribution is 7.22. The largest absolute Gasteiger partial charge is 0.351 e. The van der Waals surface area contributed by atoms with E-state index in [0.29, 0.717) is 28.9 Å². The summed E-state index contributed by atoms with van der Waals surface area (Å²) in [5.41, 5.74) is 0.0246. The number of aromatic nitrogens is 1. The minimum absolute atomic E-state index is 0.00542. The van der Waals surface area contributed by atoms with Crippen molar-refractivity contribution < 1.29 is 14.0 Å². The Bertz CT molecular complexity index is 942. The first kappa shape index (κ1) is 17.1. The van der Waals surface area contributed by atoms with Gasteiger partial charge in [-0.1, -0.05) is 11.3 Å². The van der Waals surface area contributed by atoms with Crippen molar-refractivity contribution in [2.24, 2.45) is 17.3 Å². The van der Waals surface area contributed by atoms with Crippen LogP contribution in [-0.2, 0) is 9.59 Å². The van der Waals surface area contributed by atoms with Crippen LogP contribution < -0.4 is 10.6 Å². The van der Waals surface area contributed by atoms with Gasteiger partial charge >= 0.3 is 0 Å². The van der Waals surface area contributed by atoms with Gasteiger partial charge in [0, 0.05) is 12.5 Å². The number of benzene rings is 1. The van der Waals surface area contributed by atoms with Crippen molar-refractivity contribution in [3.05, 3.63) is 24.0 Å². The van der Waals surface area contributed by atoms with E-state index in [0.717, 1.165) is 36.8 Å². The molecule has 1 aromatic carbocycles. The Balaban J connectivity index is 1.42. The molecule has 4 atom stereocenters. The van der Waals surface area contributed by atoms with Gasteiger partial charge in [0.05, 0.1) is 15.6 Å². The molecular formula is C20H22FN3O2S. The molecule has 142 valence electrons. The maximum Gasteiger partial charge on any atom is 0.232 e. The summed E-state index contributed by atoms with van der Waals surface area (Å²) in [6.45, 7) is 1.56. The molecular weight excluding hydrogens is 365 g/mol. The lowest BCUT2D eigenvalue weighted by Gasteiger charge is -2.61. The average Bonchev–Trinajstić information content (AvgIpc) is 2.93. The number of carbonyl (C=O) groups is 2. The van der Waals surface area contributed by atoms with Crippen molar-refractivity contribution in [2.75, 3.05) is 5.32 Å². The van der Waals surface area contributed by atoms with Gasteiger partial charge in [-0.3, -0.25) is 9.59 Å². The molecule has 4 aliphatic rings. The summed E-state index contributed by atoms with van der Waals surface area (Å²) in [5, 5.41) is 6.72. The van der Waals surface area contributed by atoms with Crippen LogP contribution in [0.3, 0.4) is 0 Å². The lowest BCUT2D eigenvalue weighted by Crippen LogP contribution is -2.65. The van der Waals surface area contributed by atoms with Gasteiger partial charge in [0.15, 0.2) is 5.13 Å². The van der Waals surface area contributed by atoms with E-state index in [-0.39, 0.29) is 23.2 Å². The van der Waals surface area contributed by atoms with Crippen molar-refractivity contribution in [1.29, 1.82) is 0 Å². The fourth-order valence-electron chi connectivity index (χ4n) is 6.23. The van der Waals surface area contributed by atoms with Crippen LogP contribution in [0.1, 0.15) is 45.4 Å². The summed E-state index contributed by atoms with van der Waals surface area (Å²) in [7, 11) is 0. The van der Waals surface area contributed by atoms with Crippen LogP contribution in [0.5, 0.6) is 0 Å². The predicted molar refractivity (Wildman–Crippen MR) is 102 cm³/mol. The number of anilines is 1. The first-order valence-electron chi connectivity index (χ1n) is 9.51. The number of amides is 2. The van der Waals surface area contributed by atoms with Crippen LogP contribution >= 0.6 is 11.3 Å². The summed E-state index contributed by atoms with van der Waals surface area (Å²) in [5.74, 6) is 0.676. The maximum absolute atomic E-state index is 13.4. The normalized spacial score (nSPS) is 34.0. The van der Waals surface area contributed by atoms with Crippen LogP contribution in [0.25, 0.3) is 10.2 Å². The fourth-order valence-corrected chi connectivity index (χ4v) is 7.12. The Morgan fingerprint density at radius 3 is 2.67 bits per heavy atom. The number of thiazole rings is 1. The van der Waals surface area contributed by atoms with Crippen LogP contribution in [0.2, 0.25) is 0 Å². The van der Waals surface area contributed by atoms with Crippen LogP contribution in [0.15, 0.2) is 18.2 Å². The van der Waals surface area contributed by atoms with Gasteiger partial charge in [0.25, 0.3) is 0 Å². The summed E-state index contributed by atoms with van der Waals surface area (Å²) in [4.78, 5) is 29.5. The number of carbonyl (C=O) groups excluding carboxylic acids is 2. The molecule has 27 heavy (non-hydrogen) atoms. The smallest absolute Gasteiger partial charge is 0.232 e. The van der Waals surface area contributed by atoms with E-state index >= 15 is 0 Å². The van der Waals surface area contributed by atoms with Gasteiger partial charge in [-0.15, -0.1) is 0 Å². The average molecular weight is 387 g/mol. The second-order valence-corrected chi connectivity index (χ2v) is 9.82. The molecule has 4 bridgehead atoms. The third-order valence-electron chi connectivity index (χ3n) is 6.55. The molecule has 4 fully saturated rings. The van der Waals surface area contributed by atoms with Crippen molar-refractivity contribution in [3.63, 3.8) is 0 Å². The fraction of sp³-hybridized carbons (Fsp3) is 0.550. The Hall–Kier alpha value is -2.02. The predicted octanol–water partition coefficient (Wildman–Crippen LogP) is 3.85. The second kappa shape index (κ2) is 5.74. The highest BCUT2D eigenvalue weighted by atomic mass is 32.1. The number of halogens is 1. The van der Waals surface area contributed by atoms with E-state index in [4.69, 9.17) is 0 Å². The molecule has 0 saturated heterocycles. The Morgan fingerprint density at radius 2 is 1.96 bits per heavy atom. The van der Waals surface area contributed by atoms with E-state index in [1.54, 1.807) is 13.0 Å². The van der Waals surface area contributed by atoms with Crippen LogP contribution in [0, 0.1) is 23.1 Å².